The van der Waals surface area contributed by atoms with Crippen LogP contribution in [0.4, 0.5) is 17.3 Å². The van der Waals surface area contributed by atoms with E-state index >= 15 is 0 Å². The van der Waals surface area contributed by atoms with E-state index in [0.29, 0.717) is 23.1 Å². The molecule has 0 bridgehead atoms. The predicted octanol–water partition coefficient (Wildman–Crippen LogP) is 1.82. The van der Waals surface area contributed by atoms with Crippen LogP contribution in [0.5, 0.6) is 11.5 Å². The number of hydrogen-bond donors (Lipinski definition) is 2. The second kappa shape index (κ2) is 5.22. The first-order valence-electron chi connectivity index (χ1n) is 5.29. The van der Waals surface area contributed by atoms with Gasteiger partial charge in [-0.1, -0.05) is 0 Å². The molecule has 0 spiro atoms. The Morgan fingerprint density at radius 3 is 2.28 bits per heavy atom. The number of rotatable bonds is 4. The highest BCUT2D eigenvalue weighted by Gasteiger charge is 2.03. The fourth-order valence-electron chi connectivity index (χ4n) is 1.47. The van der Waals surface area contributed by atoms with Crippen molar-refractivity contribution in [2.45, 2.75) is 0 Å². The minimum Gasteiger partial charge on any atom is -0.497 e. The van der Waals surface area contributed by atoms with Gasteiger partial charge >= 0.3 is 0 Å². The van der Waals surface area contributed by atoms with Gasteiger partial charge in [-0.05, 0) is 0 Å². The number of aromatic nitrogens is 2. The molecule has 6 nitrogen and oxygen atoms in total. The van der Waals surface area contributed by atoms with Gasteiger partial charge in [-0.3, -0.25) is 4.98 Å². The monoisotopic (exact) mass is 246 g/mol. The van der Waals surface area contributed by atoms with Crippen molar-refractivity contribution in [3.63, 3.8) is 0 Å². The molecule has 2 rings (SSSR count). The van der Waals surface area contributed by atoms with E-state index < -0.39 is 0 Å². The highest BCUT2D eigenvalue weighted by atomic mass is 16.5. The van der Waals surface area contributed by atoms with Crippen LogP contribution >= 0.6 is 0 Å². The van der Waals surface area contributed by atoms with Crippen molar-refractivity contribution in [2.75, 3.05) is 25.3 Å². The lowest BCUT2D eigenvalue weighted by atomic mass is 10.2. The van der Waals surface area contributed by atoms with Crippen molar-refractivity contribution in [1.29, 1.82) is 0 Å². The Morgan fingerprint density at radius 2 is 1.72 bits per heavy atom. The molecule has 0 unspecified atom stereocenters. The molecule has 1 heterocycles. The summed E-state index contributed by atoms with van der Waals surface area (Å²) < 4.78 is 10.4. The van der Waals surface area contributed by atoms with Crippen molar-refractivity contribution in [2.24, 2.45) is 0 Å². The Kier molecular flexibility index (Phi) is 3.47. The standard InChI is InChI=1S/C12H14N4O2/c1-17-9-3-8(4-10(5-9)18-2)15-12-7-14-6-11(13)16-12/h3-7H,1-2H3,(H3,13,15,16). The summed E-state index contributed by atoms with van der Waals surface area (Å²) in [4.78, 5) is 8.06. The average Bonchev–Trinajstić information content (AvgIpc) is 2.38. The van der Waals surface area contributed by atoms with E-state index in [4.69, 9.17) is 15.2 Å². The molecule has 0 radical (unpaired) electrons. The van der Waals surface area contributed by atoms with Crippen LogP contribution in [0.1, 0.15) is 0 Å². The summed E-state index contributed by atoms with van der Waals surface area (Å²) in [6.45, 7) is 0. The molecule has 0 aliphatic rings. The highest BCUT2D eigenvalue weighted by Crippen LogP contribution is 2.27. The molecule has 0 fully saturated rings. The maximum absolute atomic E-state index is 5.56. The second-order valence-electron chi connectivity index (χ2n) is 3.56. The molecule has 18 heavy (non-hydrogen) atoms. The molecule has 0 saturated carbocycles. The van der Waals surface area contributed by atoms with E-state index in [1.807, 2.05) is 12.1 Å². The molecule has 94 valence electrons. The first-order chi connectivity index (χ1) is 8.71. The maximum atomic E-state index is 5.56. The normalized spacial score (nSPS) is 9.89. The van der Waals surface area contributed by atoms with E-state index in [1.165, 1.54) is 6.20 Å². The Morgan fingerprint density at radius 1 is 1.06 bits per heavy atom. The van der Waals surface area contributed by atoms with Gasteiger partial charge < -0.3 is 20.5 Å². The number of hydrogen-bond acceptors (Lipinski definition) is 6. The number of methoxy groups -OCH3 is 2. The van der Waals surface area contributed by atoms with Crippen molar-refractivity contribution in [3.05, 3.63) is 30.6 Å². The van der Waals surface area contributed by atoms with Gasteiger partial charge in [0.2, 0.25) is 0 Å². The number of anilines is 3. The molecule has 0 atom stereocenters. The van der Waals surface area contributed by atoms with Crippen LogP contribution in [0.15, 0.2) is 30.6 Å². The Bertz CT molecular complexity index is 523. The van der Waals surface area contributed by atoms with Crippen LogP contribution in [0.2, 0.25) is 0 Å². The van der Waals surface area contributed by atoms with E-state index in [-0.39, 0.29) is 0 Å². The first-order valence-corrected chi connectivity index (χ1v) is 5.29. The minimum atomic E-state index is 0.356. The molecular weight excluding hydrogens is 232 g/mol. The quantitative estimate of drug-likeness (QED) is 0.856. The van der Waals surface area contributed by atoms with Gasteiger partial charge in [0.1, 0.15) is 17.3 Å². The minimum absolute atomic E-state index is 0.356. The molecule has 6 heteroatoms. The molecule has 0 aliphatic heterocycles. The van der Waals surface area contributed by atoms with Crippen LogP contribution in [0.3, 0.4) is 0 Å². The summed E-state index contributed by atoms with van der Waals surface area (Å²) in [5, 5.41) is 3.08. The summed E-state index contributed by atoms with van der Waals surface area (Å²) in [5.41, 5.74) is 6.34. The zero-order valence-corrected chi connectivity index (χ0v) is 10.2. The largest absolute Gasteiger partial charge is 0.497 e. The number of nitrogens with one attached hydrogen (secondary N) is 1. The fourth-order valence-corrected chi connectivity index (χ4v) is 1.47. The number of benzene rings is 1. The Labute approximate surface area is 105 Å². The summed E-state index contributed by atoms with van der Waals surface area (Å²) in [6.07, 6.45) is 3.07. The molecule has 1 aromatic heterocycles. The lowest BCUT2D eigenvalue weighted by Crippen LogP contribution is -1.99. The summed E-state index contributed by atoms with van der Waals surface area (Å²) in [6, 6.07) is 5.44. The van der Waals surface area contributed by atoms with E-state index in [0.717, 1.165) is 5.69 Å². The molecule has 0 amide bonds. The third-order valence-corrected chi connectivity index (χ3v) is 2.28. The Hall–Kier alpha value is -2.50. The average molecular weight is 246 g/mol. The van der Waals surface area contributed by atoms with Crippen molar-refractivity contribution in [1.82, 2.24) is 9.97 Å². The van der Waals surface area contributed by atoms with Gasteiger partial charge in [0.15, 0.2) is 5.82 Å². The topological polar surface area (TPSA) is 82.3 Å². The van der Waals surface area contributed by atoms with Crippen molar-refractivity contribution in [3.8, 4) is 11.5 Å². The first kappa shape index (κ1) is 12.0. The summed E-state index contributed by atoms with van der Waals surface area (Å²) >= 11 is 0. The number of nitrogen functional groups attached to an aromatic ring is 1. The van der Waals surface area contributed by atoms with Gasteiger partial charge in [0.05, 0.1) is 26.6 Å². The summed E-state index contributed by atoms with van der Waals surface area (Å²) in [7, 11) is 3.19. The maximum Gasteiger partial charge on any atom is 0.151 e. The smallest absolute Gasteiger partial charge is 0.151 e. The molecule has 1 aromatic carbocycles. The van der Waals surface area contributed by atoms with Crippen LogP contribution in [0, 0.1) is 0 Å². The number of nitrogens with two attached hydrogens (primary N) is 1. The lowest BCUT2D eigenvalue weighted by Gasteiger charge is -2.10. The Balaban J connectivity index is 2.28. The number of ether oxygens (including phenoxy) is 2. The summed E-state index contributed by atoms with van der Waals surface area (Å²) in [5.74, 6) is 2.29. The van der Waals surface area contributed by atoms with Gasteiger partial charge in [-0.25, -0.2) is 4.98 Å². The van der Waals surface area contributed by atoms with Crippen LogP contribution in [0.25, 0.3) is 0 Å². The van der Waals surface area contributed by atoms with Crippen LogP contribution in [-0.2, 0) is 0 Å². The zero-order valence-electron chi connectivity index (χ0n) is 10.2. The molecule has 0 saturated heterocycles. The van der Waals surface area contributed by atoms with E-state index in [2.05, 4.69) is 15.3 Å². The highest BCUT2D eigenvalue weighted by molar-refractivity contribution is 5.61. The predicted molar refractivity (Wildman–Crippen MR) is 69.3 cm³/mol. The van der Waals surface area contributed by atoms with Gasteiger partial charge in [0, 0.05) is 23.9 Å². The van der Waals surface area contributed by atoms with E-state index in [9.17, 15) is 0 Å². The third-order valence-electron chi connectivity index (χ3n) is 2.28. The molecule has 2 aromatic rings. The van der Waals surface area contributed by atoms with Gasteiger partial charge in [-0.15, -0.1) is 0 Å². The fraction of sp³-hybridized carbons (Fsp3) is 0.167. The van der Waals surface area contributed by atoms with Crippen molar-refractivity contribution >= 4 is 17.3 Å². The molecule has 0 aliphatic carbocycles. The van der Waals surface area contributed by atoms with Crippen LogP contribution in [-0.4, -0.2) is 24.2 Å². The van der Waals surface area contributed by atoms with Gasteiger partial charge in [0.25, 0.3) is 0 Å². The lowest BCUT2D eigenvalue weighted by molar-refractivity contribution is 0.395. The van der Waals surface area contributed by atoms with Crippen LogP contribution < -0.4 is 20.5 Å². The SMILES string of the molecule is COc1cc(Nc2cncc(N)n2)cc(OC)c1. The zero-order chi connectivity index (χ0) is 13.0. The second-order valence-corrected chi connectivity index (χ2v) is 3.56. The molecule has 3 N–H and O–H groups in total. The number of nitrogens with zero attached hydrogens (tertiary/aromatic N) is 2. The van der Waals surface area contributed by atoms with E-state index in [1.54, 1.807) is 26.5 Å². The molecular formula is C12H14N4O2. The van der Waals surface area contributed by atoms with Crippen molar-refractivity contribution < 1.29 is 9.47 Å². The van der Waals surface area contributed by atoms with Gasteiger partial charge in [-0.2, -0.15) is 0 Å². The third kappa shape index (κ3) is 2.79.